The Morgan fingerprint density at radius 2 is 1.72 bits per heavy atom. The molecule has 1 saturated heterocycles. The van der Waals surface area contributed by atoms with Crippen LogP contribution in [0, 0.1) is 0 Å². The number of nitrogens with zero attached hydrogens (tertiary/aromatic N) is 2. The molecule has 0 unspecified atom stereocenters. The van der Waals surface area contributed by atoms with Crippen molar-refractivity contribution in [3.05, 3.63) is 58.6 Å². The number of hydrazine groups is 1. The lowest BCUT2D eigenvalue weighted by molar-refractivity contribution is 0.491. The van der Waals surface area contributed by atoms with Crippen molar-refractivity contribution < 1.29 is 8.42 Å². The highest BCUT2D eigenvalue weighted by atomic mass is 35.5. The van der Waals surface area contributed by atoms with E-state index in [0.29, 0.717) is 28.8 Å². The van der Waals surface area contributed by atoms with E-state index in [-0.39, 0.29) is 16.0 Å². The van der Waals surface area contributed by atoms with Gasteiger partial charge in [-0.25, -0.2) is 0 Å². The number of thiocarbonyl (C=S) groups is 1. The highest BCUT2D eigenvalue weighted by molar-refractivity contribution is 7.90. The van der Waals surface area contributed by atoms with Gasteiger partial charge in [-0.1, -0.05) is 41.4 Å². The Hall–Kier alpha value is -2.07. The minimum atomic E-state index is -3.87. The summed E-state index contributed by atoms with van der Waals surface area (Å²) in [6.07, 6.45) is 1.90. The van der Waals surface area contributed by atoms with Crippen molar-refractivity contribution in [1.82, 2.24) is 15.8 Å². The molecule has 154 valence electrons. The average molecular weight is 472 g/mol. The van der Waals surface area contributed by atoms with Crippen LogP contribution in [-0.4, -0.2) is 37.5 Å². The SMILES string of the molecule is O=S(=O)(/N=C(\NNC(=S)Nc1cc(Cl)ccc1Cl)N1CCCC1)c1ccccc1. The fourth-order valence-corrected chi connectivity index (χ4v) is 4.20. The highest BCUT2D eigenvalue weighted by Crippen LogP contribution is 2.25. The molecule has 1 aliphatic rings. The van der Waals surface area contributed by atoms with Gasteiger partial charge in [0.25, 0.3) is 10.0 Å². The van der Waals surface area contributed by atoms with Crippen LogP contribution < -0.4 is 16.2 Å². The molecule has 0 aromatic heterocycles. The summed E-state index contributed by atoms with van der Waals surface area (Å²) in [5, 5.41) is 4.03. The number of hydrogen-bond donors (Lipinski definition) is 3. The average Bonchev–Trinajstić information content (AvgIpc) is 3.23. The van der Waals surface area contributed by atoms with Gasteiger partial charge in [-0.3, -0.25) is 10.9 Å². The largest absolute Gasteiger partial charge is 0.341 e. The lowest BCUT2D eigenvalue weighted by Crippen LogP contribution is -2.50. The third-order valence-corrected chi connectivity index (χ3v) is 6.17. The van der Waals surface area contributed by atoms with E-state index in [1.807, 2.05) is 4.90 Å². The van der Waals surface area contributed by atoms with E-state index >= 15 is 0 Å². The van der Waals surface area contributed by atoms with E-state index in [0.717, 1.165) is 12.8 Å². The van der Waals surface area contributed by atoms with Gasteiger partial charge < -0.3 is 10.2 Å². The maximum Gasteiger partial charge on any atom is 0.285 e. The lowest BCUT2D eigenvalue weighted by Gasteiger charge is -2.22. The van der Waals surface area contributed by atoms with Gasteiger partial charge >= 0.3 is 0 Å². The number of halogens is 2. The number of guanidine groups is 1. The Kier molecular flexibility index (Phi) is 7.18. The van der Waals surface area contributed by atoms with Gasteiger partial charge in [0.05, 0.1) is 15.6 Å². The monoisotopic (exact) mass is 471 g/mol. The van der Waals surface area contributed by atoms with Crippen molar-refractivity contribution in [2.45, 2.75) is 17.7 Å². The van der Waals surface area contributed by atoms with Gasteiger partial charge in [-0.2, -0.15) is 8.42 Å². The molecule has 2 aromatic rings. The maximum atomic E-state index is 12.7. The summed E-state index contributed by atoms with van der Waals surface area (Å²) in [4.78, 5) is 1.97. The van der Waals surface area contributed by atoms with Crippen LogP contribution in [0.1, 0.15) is 12.8 Å². The van der Waals surface area contributed by atoms with Crippen LogP contribution in [0.25, 0.3) is 0 Å². The highest BCUT2D eigenvalue weighted by Gasteiger charge is 2.21. The predicted octanol–water partition coefficient (Wildman–Crippen LogP) is 3.63. The van der Waals surface area contributed by atoms with Crippen molar-refractivity contribution in [2.75, 3.05) is 18.4 Å². The fourth-order valence-electron chi connectivity index (χ4n) is 2.71. The van der Waals surface area contributed by atoms with Gasteiger partial charge in [-0.15, -0.1) is 4.40 Å². The summed E-state index contributed by atoms with van der Waals surface area (Å²) in [5.74, 6) is 0.174. The first-order chi connectivity index (χ1) is 13.8. The van der Waals surface area contributed by atoms with Gasteiger partial charge in [0, 0.05) is 18.1 Å². The first-order valence-corrected chi connectivity index (χ1v) is 11.4. The molecule has 0 aliphatic carbocycles. The first-order valence-electron chi connectivity index (χ1n) is 8.78. The molecule has 0 spiro atoms. The number of nitrogens with one attached hydrogen (secondary N) is 3. The molecule has 0 saturated carbocycles. The number of anilines is 1. The molecule has 29 heavy (non-hydrogen) atoms. The van der Waals surface area contributed by atoms with E-state index in [2.05, 4.69) is 20.6 Å². The number of sulfonamides is 1. The summed E-state index contributed by atoms with van der Waals surface area (Å²) in [6.45, 7) is 1.39. The minimum Gasteiger partial charge on any atom is -0.341 e. The number of benzene rings is 2. The first kappa shape index (κ1) is 21.6. The molecule has 0 bridgehead atoms. The van der Waals surface area contributed by atoms with E-state index in [9.17, 15) is 8.42 Å². The van der Waals surface area contributed by atoms with Crippen molar-refractivity contribution >= 4 is 62.2 Å². The molecule has 0 atom stereocenters. The minimum absolute atomic E-state index is 0.116. The van der Waals surface area contributed by atoms with Crippen LogP contribution in [0.3, 0.4) is 0 Å². The molecular formula is C18H19Cl2N5O2S2. The Balaban J connectivity index is 1.74. The van der Waals surface area contributed by atoms with Crippen molar-refractivity contribution in [3.8, 4) is 0 Å². The quantitative estimate of drug-likeness (QED) is 0.272. The van der Waals surface area contributed by atoms with Crippen LogP contribution in [0.4, 0.5) is 5.69 Å². The second kappa shape index (κ2) is 9.62. The second-order valence-corrected chi connectivity index (χ2v) is 9.08. The molecule has 1 aliphatic heterocycles. The zero-order valence-electron chi connectivity index (χ0n) is 15.2. The lowest BCUT2D eigenvalue weighted by atomic mass is 10.3. The summed E-state index contributed by atoms with van der Waals surface area (Å²) in [7, 11) is -3.87. The Labute approximate surface area is 185 Å². The second-order valence-electron chi connectivity index (χ2n) is 6.23. The van der Waals surface area contributed by atoms with Gasteiger partial charge in [0.1, 0.15) is 0 Å². The Bertz CT molecular complexity index is 1010. The van der Waals surface area contributed by atoms with E-state index in [4.69, 9.17) is 35.4 Å². The smallest absolute Gasteiger partial charge is 0.285 e. The molecule has 1 fully saturated rings. The molecule has 3 rings (SSSR count). The molecule has 1 heterocycles. The normalized spacial score (nSPS) is 14.6. The van der Waals surface area contributed by atoms with Gasteiger partial charge in [-0.05, 0) is 55.4 Å². The molecule has 2 aromatic carbocycles. The zero-order chi connectivity index (χ0) is 20.9. The summed E-state index contributed by atoms with van der Waals surface area (Å²) in [6, 6.07) is 13.0. The standard InChI is InChI=1S/C18H19Cl2N5O2S2/c19-13-8-9-15(20)16(12-13)21-18(28)23-22-17(25-10-4-5-11-25)24-29(26,27)14-6-2-1-3-7-14/h1-3,6-9,12H,4-5,10-11H2,(H,22,24)(H2,21,23,28). The van der Waals surface area contributed by atoms with Crippen LogP contribution in [0.5, 0.6) is 0 Å². The summed E-state index contributed by atoms with van der Waals surface area (Å²) < 4.78 is 29.3. The van der Waals surface area contributed by atoms with Crippen molar-refractivity contribution in [3.63, 3.8) is 0 Å². The number of hydrogen-bond acceptors (Lipinski definition) is 3. The van der Waals surface area contributed by atoms with Crippen LogP contribution in [-0.2, 0) is 10.0 Å². The molecule has 3 N–H and O–H groups in total. The molecule has 0 radical (unpaired) electrons. The number of likely N-dealkylation sites (tertiary alicyclic amines) is 1. The zero-order valence-corrected chi connectivity index (χ0v) is 18.4. The molecule has 11 heteroatoms. The predicted molar refractivity (Wildman–Crippen MR) is 121 cm³/mol. The summed E-state index contributed by atoms with van der Waals surface area (Å²) >= 11 is 17.4. The van der Waals surface area contributed by atoms with Crippen LogP contribution in [0.2, 0.25) is 10.0 Å². The molecular weight excluding hydrogens is 453 g/mol. The van der Waals surface area contributed by atoms with Crippen LogP contribution in [0.15, 0.2) is 57.8 Å². The third kappa shape index (κ3) is 5.96. The van der Waals surface area contributed by atoms with Gasteiger partial charge in [0.2, 0.25) is 5.96 Å². The topological polar surface area (TPSA) is 85.8 Å². The molecule has 0 amide bonds. The van der Waals surface area contributed by atoms with Gasteiger partial charge in [0.15, 0.2) is 5.11 Å². The van der Waals surface area contributed by atoms with E-state index in [1.165, 1.54) is 12.1 Å². The van der Waals surface area contributed by atoms with E-state index < -0.39 is 10.0 Å². The maximum absolute atomic E-state index is 12.7. The fraction of sp³-hybridized carbons (Fsp3) is 0.222. The Morgan fingerprint density at radius 3 is 2.41 bits per heavy atom. The van der Waals surface area contributed by atoms with E-state index in [1.54, 1.807) is 36.4 Å². The van der Waals surface area contributed by atoms with Crippen LogP contribution >= 0.6 is 35.4 Å². The third-order valence-electron chi connectivity index (χ3n) is 4.12. The number of rotatable bonds is 3. The Morgan fingerprint density at radius 1 is 1.03 bits per heavy atom. The van der Waals surface area contributed by atoms with Crippen molar-refractivity contribution in [2.24, 2.45) is 4.40 Å². The summed E-state index contributed by atoms with van der Waals surface area (Å²) in [5.41, 5.74) is 6.09. The molecule has 7 nitrogen and oxygen atoms in total. The van der Waals surface area contributed by atoms with Crippen molar-refractivity contribution in [1.29, 1.82) is 0 Å².